The second-order valence-corrected chi connectivity index (χ2v) is 14.0. The van der Waals surface area contributed by atoms with Crippen LogP contribution in [0.15, 0.2) is 152 Å². The van der Waals surface area contributed by atoms with Crippen LogP contribution in [0.5, 0.6) is 0 Å². The molecule has 294 valence electrons. The Hall–Kier alpha value is -4.30. The SMILES string of the molecule is OC1COC(O)C(OCc2ccccc2)C1OC1OC(COCc2ccccc2)C(OCc2ccccc2)C(OCc2ccccc2)C1OCc1ccccc1. The summed E-state index contributed by atoms with van der Waals surface area (Å²) < 4.78 is 52.0. The van der Waals surface area contributed by atoms with Crippen LogP contribution >= 0.6 is 0 Å². The van der Waals surface area contributed by atoms with E-state index in [1.165, 1.54) is 0 Å². The van der Waals surface area contributed by atoms with E-state index in [1.54, 1.807) is 0 Å². The summed E-state index contributed by atoms with van der Waals surface area (Å²) in [4.78, 5) is 0. The van der Waals surface area contributed by atoms with Gasteiger partial charge >= 0.3 is 0 Å². The van der Waals surface area contributed by atoms with Crippen molar-refractivity contribution in [3.8, 4) is 0 Å². The van der Waals surface area contributed by atoms with Crippen molar-refractivity contribution in [1.82, 2.24) is 0 Å². The standard InChI is InChI=1S/C46H50O10/c47-38-31-54-45(48)43(52-29-36-22-12-4-13-23-36)40(38)56-46-44(53-30-37-24-14-5-15-25-37)42(51-28-35-20-10-3-11-21-35)41(50-27-34-18-8-2-9-19-34)39(55-46)32-49-26-33-16-6-1-7-17-33/h1-25,38-48H,26-32H2. The Kier molecular flexibility index (Phi) is 14.8. The molecule has 0 aromatic heterocycles. The van der Waals surface area contributed by atoms with Gasteiger partial charge in [0.1, 0.15) is 42.7 Å². The number of ether oxygens (including phenoxy) is 8. The van der Waals surface area contributed by atoms with Crippen molar-refractivity contribution in [2.75, 3.05) is 13.2 Å². The Morgan fingerprint density at radius 1 is 0.446 bits per heavy atom. The summed E-state index contributed by atoms with van der Waals surface area (Å²) in [6.45, 7) is 1.23. The van der Waals surface area contributed by atoms with Crippen molar-refractivity contribution in [3.63, 3.8) is 0 Å². The highest BCUT2D eigenvalue weighted by atomic mass is 16.7. The maximum absolute atomic E-state index is 11.4. The fourth-order valence-electron chi connectivity index (χ4n) is 6.89. The molecule has 0 bridgehead atoms. The maximum Gasteiger partial charge on any atom is 0.187 e. The van der Waals surface area contributed by atoms with Crippen molar-refractivity contribution in [3.05, 3.63) is 179 Å². The molecule has 2 saturated heterocycles. The van der Waals surface area contributed by atoms with E-state index < -0.39 is 55.3 Å². The van der Waals surface area contributed by atoms with Gasteiger partial charge < -0.3 is 48.1 Å². The third-order valence-corrected chi connectivity index (χ3v) is 9.84. The fraction of sp³-hybridized carbons (Fsp3) is 0.348. The lowest BCUT2D eigenvalue weighted by Gasteiger charge is -2.48. The lowest BCUT2D eigenvalue weighted by atomic mass is 9.97. The van der Waals surface area contributed by atoms with Crippen molar-refractivity contribution < 1.29 is 48.1 Å². The zero-order valence-corrected chi connectivity index (χ0v) is 31.2. The molecule has 2 fully saturated rings. The van der Waals surface area contributed by atoms with Crippen LogP contribution in [0, 0.1) is 0 Å². The molecule has 10 heteroatoms. The molecule has 2 heterocycles. The molecule has 56 heavy (non-hydrogen) atoms. The van der Waals surface area contributed by atoms with E-state index in [0.717, 1.165) is 27.8 Å². The molecule has 0 aliphatic carbocycles. The van der Waals surface area contributed by atoms with Gasteiger partial charge in [0.15, 0.2) is 12.6 Å². The minimum absolute atomic E-state index is 0.137. The van der Waals surface area contributed by atoms with Gasteiger partial charge in [-0.1, -0.05) is 152 Å². The third-order valence-electron chi connectivity index (χ3n) is 9.84. The van der Waals surface area contributed by atoms with Gasteiger partial charge in [0.05, 0.1) is 46.2 Å². The van der Waals surface area contributed by atoms with Gasteiger partial charge in [0.2, 0.25) is 0 Å². The monoisotopic (exact) mass is 762 g/mol. The molecule has 10 nitrogen and oxygen atoms in total. The molecular weight excluding hydrogens is 712 g/mol. The third kappa shape index (κ3) is 11.2. The molecule has 9 atom stereocenters. The van der Waals surface area contributed by atoms with E-state index in [1.807, 2.05) is 152 Å². The molecule has 0 saturated carbocycles. The lowest BCUT2D eigenvalue weighted by molar-refractivity contribution is -0.363. The highest BCUT2D eigenvalue weighted by Crippen LogP contribution is 2.34. The Bertz CT molecular complexity index is 1820. The summed E-state index contributed by atoms with van der Waals surface area (Å²) in [5.41, 5.74) is 4.79. The molecule has 5 aromatic rings. The summed E-state index contributed by atoms with van der Waals surface area (Å²) in [7, 11) is 0. The van der Waals surface area contributed by atoms with Gasteiger partial charge in [-0.25, -0.2) is 0 Å². The number of benzene rings is 5. The second kappa shape index (κ2) is 20.7. The van der Waals surface area contributed by atoms with Crippen molar-refractivity contribution in [1.29, 1.82) is 0 Å². The van der Waals surface area contributed by atoms with Crippen LogP contribution in [0.3, 0.4) is 0 Å². The minimum Gasteiger partial charge on any atom is -0.388 e. The molecule has 9 unspecified atom stereocenters. The summed E-state index contributed by atoms with van der Waals surface area (Å²) in [6, 6.07) is 49.1. The van der Waals surface area contributed by atoms with Gasteiger partial charge in [-0.05, 0) is 27.8 Å². The van der Waals surface area contributed by atoms with E-state index in [9.17, 15) is 10.2 Å². The normalized spacial score (nSPS) is 26.5. The molecule has 7 rings (SSSR count). The van der Waals surface area contributed by atoms with E-state index in [4.69, 9.17) is 37.9 Å². The summed E-state index contributed by atoms with van der Waals surface area (Å²) >= 11 is 0. The fourth-order valence-corrected chi connectivity index (χ4v) is 6.89. The van der Waals surface area contributed by atoms with E-state index in [-0.39, 0.29) is 39.6 Å². The zero-order chi connectivity index (χ0) is 38.4. The molecule has 0 spiro atoms. The molecule has 0 radical (unpaired) electrons. The maximum atomic E-state index is 11.4. The number of hydrogen-bond acceptors (Lipinski definition) is 10. The summed E-state index contributed by atoms with van der Waals surface area (Å²) in [6.07, 6.45) is -8.73. The molecule has 2 aliphatic heterocycles. The Labute approximate surface area is 328 Å². The van der Waals surface area contributed by atoms with Crippen LogP contribution in [-0.4, -0.2) is 78.7 Å². The van der Waals surface area contributed by atoms with Crippen molar-refractivity contribution in [2.45, 2.75) is 88.3 Å². The van der Waals surface area contributed by atoms with Gasteiger partial charge in [-0.3, -0.25) is 0 Å². The Morgan fingerprint density at radius 2 is 0.839 bits per heavy atom. The van der Waals surface area contributed by atoms with Crippen LogP contribution in [0.25, 0.3) is 0 Å². The van der Waals surface area contributed by atoms with Crippen molar-refractivity contribution >= 4 is 0 Å². The number of rotatable bonds is 18. The van der Waals surface area contributed by atoms with Gasteiger partial charge in [-0.2, -0.15) is 0 Å². The van der Waals surface area contributed by atoms with Crippen molar-refractivity contribution in [2.24, 2.45) is 0 Å². The first-order valence-electron chi connectivity index (χ1n) is 19.1. The van der Waals surface area contributed by atoms with E-state index >= 15 is 0 Å². The first kappa shape index (κ1) is 39.9. The average molecular weight is 763 g/mol. The van der Waals surface area contributed by atoms with Gasteiger partial charge in [0.25, 0.3) is 0 Å². The zero-order valence-electron chi connectivity index (χ0n) is 31.2. The van der Waals surface area contributed by atoms with E-state index in [2.05, 4.69) is 0 Å². The highest BCUT2D eigenvalue weighted by Gasteiger charge is 2.52. The first-order valence-corrected chi connectivity index (χ1v) is 19.1. The quantitative estimate of drug-likeness (QED) is 0.105. The molecule has 2 N–H and O–H groups in total. The summed E-state index contributed by atoms with van der Waals surface area (Å²) in [5, 5.41) is 22.4. The number of aliphatic hydroxyl groups excluding tert-OH is 2. The van der Waals surface area contributed by atoms with Crippen LogP contribution in [0.2, 0.25) is 0 Å². The average Bonchev–Trinajstić information content (AvgIpc) is 3.25. The Morgan fingerprint density at radius 3 is 1.30 bits per heavy atom. The molecule has 5 aromatic carbocycles. The lowest BCUT2D eigenvalue weighted by Crippen LogP contribution is -2.64. The molecule has 2 aliphatic rings. The largest absolute Gasteiger partial charge is 0.388 e. The highest BCUT2D eigenvalue weighted by molar-refractivity contribution is 5.17. The van der Waals surface area contributed by atoms with Gasteiger partial charge in [-0.15, -0.1) is 0 Å². The predicted molar refractivity (Wildman–Crippen MR) is 208 cm³/mol. The molecule has 0 amide bonds. The first-order chi connectivity index (χ1) is 27.6. The molecular formula is C46H50O10. The van der Waals surface area contributed by atoms with Crippen LogP contribution < -0.4 is 0 Å². The predicted octanol–water partition coefficient (Wildman–Crippen LogP) is 6.36. The van der Waals surface area contributed by atoms with E-state index in [0.29, 0.717) is 6.61 Å². The Balaban J connectivity index is 1.21. The smallest absolute Gasteiger partial charge is 0.187 e. The minimum atomic E-state index is -1.36. The van der Waals surface area contributed by atoms with Crippen LogP contribution in [0.4, 0.5) is 0 Å². The topological polar surface area (TPSA) is 114 Å². The summed E-state index contributed by atoms with van der Waals surface area (Å²) in [5.74, 6) is 0. The van der Waals surface area contributed by atoms with Crippen LogP contribution in [0.1, 0.15) is 27.8 Å². The number of hydrogen-bond donors (Lipinski definition) is 2. The van der Waals surface area contributed by atoms with Gasteiger partial charge in [0, 0.05) is 0 Å². The van der Waals surface area contributed by atoms with Crippen LogP contribution in [-0.2, 0) is 70.9 Å². The second-order valence-electron chi connectivity index (χ2n) is 14.0. The number of aliphatic hydroxyl groups is 2.